The molecular weight excluding hydrogens is 418 g/mol. The number of carbonyl (C=O) groups excluding carboxylic acids is 1. The molecule has 3 aromatic rings. The third-order valence-electron chi connectivity index (χ3n) is 6.37. The van der Waals surface area contributed by atoms with Gasteiger partial charge in [-0.25, -0.2) is 0 Å². The Morgan fingerprint density at radius 1 is 1.09 bits per heavy atom. The zero-order valence-corrected chi connectivity index (χ0v) is 19.3. The highest BCUT2D eigenvalue weighted by molar-refractivity contribution is 5.90. The molecule has 1 aliphatic rings. The largest absolute Gasteiger partial charge is 0.508 e. The number of piperidine rings is 1. The third-order valence-corrected chi connectivity index (χ3v) is 6.37. The number of aromatic hydroxyl groups is 2. The fourth-order valence-electron chi connectivity index (χ4n) is 4.33. The van der Waals surface area contributed by atoms with Gasteiger partial charge >= 0.3 is 0 Å². The van der Waals surface area contributed by atoms with Crippen LogP contribution in [0.2, 0.25) is 0 Å². The van der Waals surface area contributed by atoms with Gasteiger partial charge in [-0.3, -0.25) is 14.3 Å². The minimum Gasteiger partial charge on any atom is -0.508 e. The van der Waals surface area contributed by atoms with Crippen molar-refractivity contribution in [1.29, 1.82) is 0 Å². The van der Waals surface area contributed by atoms with Crippen molar-refractivity contribution in [2.45, 2.75) is 46.1 Å². The third kappa shape index (κ3) is 4.71. The van der Waals surface area contributed by atoms with Crippen LogP contribution in [0.25, 0.3) is 17.1 Å². The zero-order valence-electron chi connectivity index (χ0n) is 19.3. The minimum atomic E-state index is -0.720. The molecule has 33 heavy (non-hydrogen) atoms. The lowest BCUT2D eigenvalue weighted by molar-refractivity contribution is 0.0988. The van der Waals surface area contributed by atoms with Crippen LogP contribution >= 0.6 is 0 Å². The second kappa shape index (κ2) is 9.23. The summed E-state index contributed by atoms with van der Waals surface area (Å²) < 4.78 is 1.55. The molecule has 0 spiro atoms. The Bertz CT molecular complexity index is 1150. The van der Waals surface area contributed by atoms with Crippen LogP contribution in [0, 0.1) is 5.92 Å². The Kier molecular flexibility index (Phi) is 6.37. The molecule has 2 heterocycles. The number of hydrogen-bond donors (Lipinski definition) is 3. The van der Waals surface area contributed by atoms with E-state index in [1.807, 2.05) is 38.1 Å². The van der Waals surface area contributed by atoms with Crippen molar-refractivity contribution in [3.63, 3.8) is 0 Å². The second-order valence-corrected chi connectivity index (χ2v) is 9.25. The van der Waals surface area contributed by atoms with E-state index in [-0.39, 0.29) is 29.1 Å². The Hall–Kier alpha value is -3.39. The number of nitrogens with two attached hydrogens (primary N) is 1. The molecule has 1 amide bonds. The molecular formula is C25H31N5O3. The van der Waals surface area contributed by atoms with Crippen molar-refractivity contribution < 1.29 is 15.0 Å². The first kappa shape index (κ1) is 22.8. The highest BCUT2D eigenvalue weighted by atomic mass is 16.3. The number of phenols is 2. The van der Waals surface area contributed by atoms with Gasteiger partial charge in [-0.15, -0.1) is 10.2 Å². The van der Waals surface area contributed by atoms with E-state index in [0.717, 1.165) is 25.6 Å². The Balaban J connectivity index is 1.71. The molecule has 8 nitrogen and oxygen atoms in total. The molecule has 1 saturated heterocycles. The van der Waals surface area contributed by atoms with Crippen molar-refractivity contribution in [2.24, 2.45) is 11.7 Å². The van der Waals surface area contributed by atoms with Crippen molar-refractivity contribution in [3.05, 3.63) is 53.3 Å². The van der Waals surface area contributed by atoms with Gasteiger partial charge in [0.15, 0.2) is 5.82 Å². The number of carbonyl (C=O) groups is 1. The molecule has 0 bridgehead atoms. The maximum absolute atomic E-state index is 12.1. The predicted molar refractivity (Wildman–Crippen MR) is 126 cm³/mol. The number of nitrogens with zero attached hydrogens (tertiary/aromatic N) is 4. The van der Waals surface area contributed by atoms with Crippen LogP contribution < -0.4 is 5.73 Å². The van der Waals surface area contributed by atoms with E-state index in [1.165, 1.54) is 24.5 Å². The SMILES string of the molecule is CC1CCN(Cc2ccc(-n3c(C(N)=O)nnc3-c3cc(C(C)C)c(O)cc3O)cc2)CC1. The molecule has 0 saturated carbocycles. The van der Waals surface area contributed by atoms with Gasteiger partial charge < -0.3 is 15.9 Å². The minimum absolute atomic E-state index is 0.00361. The van der Waals surface area contributed by atoms with Gasteiger partial charge in [0.25, 0.3) is 5.91 Å². The standard InChI is InChI=1S/C25H31N5O3/c1-15(2)19-12-20(22(32)13-21(19)31)24-27-28-25(23(26)33)30(24)18-6-4-17(5-7-18)14-29-10-8-16(3)9-11-29/h4-7,12-13,15-16,31-32H,8-11,14H2,1-3H3,(H2,26,33). The Morgan fingerprint density at radius 3 is 2.36 bits per heavy atom. The van der Waals surface area contributed by atoms with E-state index in [1.54, 1.807) is 10.6 Å². The van der Waals surface area contributed by atoms with Gasteiger partial charge in [0.1, 0.15) is 11.5 Å². The summed E-state index contributed by atoms with van der Waals surface area (Å²) in [6.45, 7) is 9.26. The van der Waals surface area contributed by atoms with Crippen molar-refractivity contribution in [3.8, 4) is 28.6 Å². The summed E-state index contributed by atoms with van der Waals surface area (Å²) in [5.74, 6) is 0.190. The summed E-state index contributed by atoms with van der Waals surface area (Å²) in [6, 6.07) is 10.8. The molecule has 1 fully saturated rings. The number of aromatic nitrogens is 3. The molecule has 0 unspecified atom stereocenters. The molecule has 2 aromatic carbocycles. The molecule has 1 aromatic heterocycles. The monoisotopic (exact) mass is 449 g/mol. The average Bonchev–Trinajstić information content (AvgIpc) is 3.21. The second-order valence-electron chi connectivity index (χ2n) is 9.25. The van der Waals surface area contributed by atoms with Crippen molar-refractivity contribution in [1.82, 2.24) is 19.7 Å². The molecule has 1 aliphatic heterocycles. The maximum Gasteiger partial charge on any atom is 0.287 e. The smallest absolute Gasteiger partial charge is 0.287 e. The normalized spacial score (nSPS) is 15.3. The number of phenolic OH excluding ortho intramolecular Hbond substituents is 2. The summed E-state index contributed by atoms with van der Waals surface area (Å²) in [7, 11) is 0. The highest BCUT2D eigenvalue weighted by Crippen LogP contribution is 2.38. The summed E-state index contributed by atoms with van der Waals surface area (Å²) in [4.78, 5) is 14.6. The number of primary amides is 1. The van der Waals surface area contributed by atoms with Crippen LogP contribution in [-0.4, -0.2) is 48.9 Å². The van der Waals surface area contributed by atoms with Crippen LogP contribution in [0.5, 0.6) is 11.5 Å². The number of rotatable bonds is 6. The first-order valence-electron chi connectivity index (χ1n) is 11.4. The Morgan fingerprint density at radius 2 is 1.76 bits per heavy atom. The lowest BCUT2D eigenvalue weighted by Gasteiger charge is -2.30. The molecule has 0 atom stereocenters. The summed E-state index contributed by atoms with van der Waals surface area (Å²) in [5, 5.41) is 28.9. The number of amides is 1. The van der Waals surface area contributed by atoms with Gasteiger partial charge in [-0.1, -0.05) is 32.9 Å². The van der Waals surface area contributed by atoms with Gasteiger partial charge in [0, 0.05) is 18.3 Å². The van der Waals surface area contributed by atoms with Gasteiger partial charge in [0.2, 0.25) is 5.82 Å². The molecule has 4 rings (SSSR count). The first-order valence-corrected chi connectivity index (χ1v) is 11.4. The maximum atomic E-state index is 12.1. The number of benzene rings is 2. The summed E-state index contributed by atoms with van der Waals surface area (Å²) >= 11 is 0. The average molecular weight is 450 g/mol. The van der Waals surface area contributed by atoms with Crippen molar-refractivity contribution in [2.75, 3.05) is 13.1 Å². The van der Waals surface area contributed by atoms with E-state index in [0.29, 0.717) is 16.8 Å². The van der Waals surface area contributed by atoms with Crippen molar-refractivity contribution >= 4 is 5.91 Å². The van der Waals surface area contributed by atoms with Crippen LogP contribution in [0.1, 0.15) is 61.3 Å². The summed E-state index contributed by atoms with van der Waals surface area (Å²) in [5.41, 5.74) is 8.44. The fourth-order valence-corrected chi connectivity index (χ4v) is 4.33. The fraction of sp³-hybridized carbons (Fsp3) is 0.400. The summed E-state index contributed by atoms with van der Waals surface area (Å²) in [6.07, 6.45) is 2.44. The molecule has 0 aliphatic carbocycles. The van der Waals surface area contributed by atoms with E-state index in [2.05, 4.69) is 22.0 Å². The predicted octanol–water partition coefficient (Wildman–Crippen LogP) is 3.80. The quantitative estimate of drug-likeness (QED) is 0.527. The van der Waals surface area contributed by atoms with Crippen LogP contribution in [0.15, 0.2) is 36.4 Å². The van der Waals surface area contributed by atoms with Gasteiger partial charge in [-0.2, -0.15) is 0 Å². The topological polar surface area (TPSA) is 118 Å². The molecule has 0 radical (unpaired) electrons. The number of hydrogen-bond acceptors (Lipinski definition) is 6. The highest BCUT2D eigenvalue weighted by Gasteiger charge is 2.23. The van der Waals surface area contributed by atoms with Crippen LogP contribution in [0.4, 0.5) is 0 Å². The zero-order chi connectivity index (χ0) is 23.7. The van der Waals surface area contributed by atoms with Crippen LogP contribution in [-0.2, 0) is 6.54 Å². The van der Waals surface area contributed by atoms with E-state index in [9.17, 15) is 15.0 Å². The molecule has 4 N–H and O–H groups in total. The van der Waals surface area contributed by atoms with E-state index >= 15 is 0 Å². The number of likely N-dealkylation sites (tertiary alicyclic amines) is 1. The van der Waals surface area contributed by atoms with Crippen LogP contribution in [0.3, 0.4) is 0 Å². The first-order chi connectivity index (χ1) is 15.7. The van der Waals surface area contributed by atoms with Gasteiger partial charge in [0.05, 0.1) is 5.56 Å². The van der Waals surface area contributed by atoms with Gasteiger partial charge in [-0.05, 0) is 67.1 Å². The Labute approximate surface area is 193 Å². The molecule has 174 valence electrons. The lowest BCUT2D eigenvalue weighted by Crippen LogP contribution is -2.32. The van der Waals surface area contributed by atoms with E-state index in [4.69, 9.17) is 5.73 Å². The molecule has 8 heteroatoms. The van der Waals surface area contributed by atoms with E-state index < -0.39 is 5.91 Å². The lowest BCUT2D eigenvalue weighted by atomic mass is 9.98.